The Hall–Kier alpha value is -0.0800. The van der Waals surface area contributed by atoms with Crippen LogP contribution in [0.4, 0.5) is 0 Å². The van der Waals surface area contributed by atoms with Crippen molar-refractivity contribution in [2.45, 2.75) is 77.3 Å². The maximum Gasteiger partial charge on any atom is 0.0221 e. The van der Waals surface area contributed by atoms with Crippen LogP contribution in [0, 0.1) is 0 Å². The molecule has 0 bridgehead atoms. The highest BCUT2D eigenvalue weighted by molar-refractivity contribution is 4.81. The second-order valence-corrected chi connectivity index (χ2v) is 5.18. The Kier molecular flexibility index (Phi) is 7.06. The van der Waals surface area contributed by atoms with Crippen LogP contribution >= 0.6 is 0 Å². The molecule has 0 aromatic carbocycles. The van der Waals surface area contributed by atoms with Gasteiger partial charge in [-0.25, -0.2) is 0 Å². The van der Waals surface area contributed by atoms with Gasteiger partial charge in [-0.15, -0.1) is 0 Å². The van der Waals surface area contributed by atoms with E-state index in [4.69, 9.17) is 5.73 Å². The lowest BCUT2D eigenvalue weighted by Crippen LogP contribution is -2.46. The van der Waals surface area contributed by atoms with E-state index in [-0.39, 0.29) is 0 Å². The van der Waals surface area contributed by atoms with Crippen LogP contribution in [0.5, 0.6) is 0 Å². The molecule has 2 heteroatoms. The molecule has 1 aliphatic rings. The van der Waals surface area contributed by atoms with Gasteiger partial charge in [0.05, 0.1) is 0 Å². The summed E-state index contributed by atoms with van der Waals surface area (Å²) in [7, 11) is 0. The van der Waals surface area contributed by atoms with E-state index in [0.29, 0.717) is 6.04 Å². The lowest BCUT2D eigenvalue weighted by atomic mass is 10.0. The lowest BCUT2D eigenvalue weighted by Gasteiger charge is -2.36. The minimum atomic E-state index is 0.642. The monoisotopic (exact) mass is 226 g/mol. The lowest BCUT2D eigenvalue weighted by molar-refractivity contribution is 0.127. The summed E-state index contributed by atoms with van der Waals surface area (Å²) in [5.41, 5.74) is 5.97. The largest absolute Gasteiger partial charge is 0.329 e. The number of likely N-dealkylation sites (tertiary alicyclic amines) is 1. The van der Waals surface area contributed by atoms with E-state index in [9.17, 15) is 0 Å². The van der Waals surface area contributed by atoms with Crippen molar-refractivity contribution in [1.29, 1.82) is 0 Å². The summed E-state index contributed by atoms with van der Waals surface area (Å²) in [5.74, 6) is 0. The highest BCUT2D eigenvalue weighted by Gasteiger charge is 2.25. The minimum absolute atomic E-state index is 0.642. The highest BCUT2D eigenvalue weighted by atomic mass is 15.2. The minimum Gasteiger partial charge on any atom is -0.329 e. The van der Waals surface area contributed by atoms with Crippen LogP contribution in [0.15, 0.2) is 0 Å². The molecule has 16 heavy (non-hydrogen) atoms. The van der Waals surface area contributed by atoms with Gasteiger partial charge in [-0.1, -0.05) is 39.5 Å². The summed E-state index contributed by atoms with van der Waals surface area (Å²) in [6.07, 6.45) is 10.8. The molecule has 0 spiro atoms. The second-order valence-electron chi connectivity index (χ2n) is 5.18. The number of hydrogen-bond acceptors (Lipinski definition) is 2. The van der Waals surface area contributed by atoms with E-state index >= 15 is 0 Å². The zero-order valence-electron chi connectivity index (χ0n) is 11.3. The molecule has 0 aromatic rings. The third kappa shape index (κ3) is 4.06. The Balaban J connectivity index is 2.55. The third-order valence-electron chi connectivity index (χ3n) is 4.03. The van der Waals surface area contributed by atoms with Gasteiger partial charge in [-0.3, -0.25) is 4.90 Å². The van der Waals surface area contributed by atoms with Crippen molar-refractivity contribution >= 4 is 0 Å². The topological polar surface area (TPSA) is 29.3 Å². The number of hydrogen-bond donors (Lipinski definition) is 1. The van der Waals surface area contributed by atoms with Crippen LogP contribution < -0.4 is 5.73 Å². The molecule has 1 fully saturated rings. The Morgan fingerprint density at radius 2 is 2.06 bits per heavy atom. The Bertz CT molecular complexity index is 170. The fraction of sp³-hybridized carbons (Fsp3) is 1.00. The first kappa shape index (κ1) is 14.0. The van der Waals surface area contributed by atoms with Crippen molar-refractivity contribution in [3.05, 3.63) is 0 Å². The number of nitrogens with two attached hydrogens (primary N) is 1. The van der Waals surface area contributed by atoms with Crippen molar-refractivity contribution in [2.24, 2.45) is 5.73 Å². The van der Waals surface area contributed by atoms with Crippen molar-refractivity contribution in [1.82, 2.24) is 4.90 Å². The van der Waals surface area contributed by atoms with E-state index < -0.39 is 0 Å². The summed E-state index contributed by atoms with van der Waals surface area (Å²) in [6.45, 7) is 6.73. The van der Waals surface area contributed by atoms with E-state index in [2.05, 4.69) is 18.7 Å². The molecule has 0 radical (unpaired) electrons. The average Bonchev–Trinajstić information content (AvgIpc) is 2.55. The van der Waals surface area contributed by atoms with Gasteiger partial charge in [0.2, 0.25) is 0 Å². The van der Waals surface area contributed by atoms with Crippen molar-refractivity contribution in [3.8, 4) is 0 Å². The normalized spacial score (nSPS) is 25.3. The van der Waals surface area contributed by atoms with Gasteiger partial charge < -0.3 is 5.73 Å². The fourth-order valence-electron chi connectivity index (χ4n) is 2.98. The molecular formula is C14H30N2. The van der Waals surface area contributed by atoms with Crippen LogP contribution in [-0.4, -0.2) is 30.1 Å². The molecule has 2 nitrogen and oxygen atoms in total. The zero-order chi connectivity index (χ0) is 11.8. The smallest absolute Gasteiger partial charge is 0.0221 e. The summed E-state index contributed by atoms with van der Waals surface area (Å²) in [5, 5.41) is 0. The Labute approximate surface area is 102 Å². The van der Waals surface area contributed by atoms with E-state index in [1.54, 1.807) is 0 Å². The number of unbranched alkanes of at least 4 members (excludes halogenated alkanes) is 1. The summed E-state index contributed by atoms with van der Waals surface area (Å²) < 4.78 is 0. The molecule has 0 saturated carbocycles. The van der Waals surface area contributed by atoms with E-state index in [0.717, 1.165) is 12.6 Å². The molecule has 1 heterocycles. The molecule has 1 rings (SSSR count). The highest BCUT2D eigenvalue weighted by Crippen LogP contribution is 2.23. The van der Waals surface area contributed by atoms with Crippen molar-refractivity contribution in [3.63, 3.8) is 0 Å². The zero-order valence-corrected chi connectivity index (χ0v) is 11.3. The van der Waals surface area contributed by atoms with Gasteiger partial charge in [-0.2, -0.15) is 0 Å². The average molecular weight is 226 g/mol. The molecule has 2 N–H and O–H groups in total. The maximum absolute atomic E-state index is 5.97. The second kappa shape index (κ2) is 8.08. The molecular weight excluding hydrogens is 196 g/mol. The predicted octanol–water partition coefficient (Wildman–Crippen LogP) is 3.16. The summed E-state index contributed by atoms with van der Waals surface area (Å²) in [4.78, 5) is 2.72. The SMILES string of the molecule is CCCCC(CN)N1CCCCCC1CC. The van der Waals surface area contributed by atoms with Gasteiger partial charge in [0, 0.05) is 18.6 Å². The van der Waals surface area contributed by atoms with Gasteiger partial charge in [-0.05, 0) is 32.2 Å². The van der Waals surface area contributed by atoms with Crippen LogP contribution in [0.2, 0.25) is 0 Å². The first-order chi connectivity index (χ1) is 7.83. The number of nitrogens with zero attached hydrogens (tertiary/aromatic N) is 1. The standard InChI is InChI=1S/C14H30N2/c1-3-5-9-14(12-15)16-11-8-6-7-10-13(16)4-2/h13-14H,3-12,15H2,1-2H3. The van der Waals surface area contributed by atoms with Gasteiger partial charge in [0.25, 0.3) is 0 Å². The Morgan fingerprint density at radius 3 is 2.69 bits per heavy atom. The van der Waals surface area contributed by atoms with E-state index in [1.807, 2.05) is 0 Å². The fourth-order valence-corrected chi connectivity index (χ4v) is 2.98. The molecule has 2 atom stereocenters. The van der Waals surface area contributed by atoms with Crippen LogP contribution in [0.1, 0.15) is 65.2 Å². The van der Waals surface area contributed by atoms with Crippen LogP contribution in [-0.2, 0) is 0 Å². The van der Waals surface area contributed by atoms with Crippen molar-refractivity contribution < 1.29 is 0 Å². The predicted molar refractivity (Wildman–Crippen MR) is 71.6 cm³/mol. The number of rotatable bonds is 6. The quantitative estimate of drug-likeness (QED) is 0.754. The van der Waals surface area contributed by atoms with Crippen LogP contribution in [0.3, 0.4) is 0 Å². The Morgan fingerprint density at radius 1 is 1.25 bits per heavy atom. The van der Waals surface area contributed by atoms with Gasteiger partial charge >= 0.3 is 0 Å². The first-order valence-corrected chi connectivity index (χ1v) is 7.29. The molecule has 1 aliphatic heterocycles. The molecule has 0 aliphatic carbocycles. The van der Waals surface area contributed by atoms with Crippen molar-refractivity contribution in [2.75, 3.05) is 13.1 Å². The van der Waals surface area contributed by atoms with Gasteiger partial charge in [0.15, 0.2) is 0 Å². The summed E-state index contributed by atoms with van der Waals surface area (Å²) in [6, 6.07) is 1.44. The first-order valence-electron chi connectivity index (χ1n) is 7.29. The molecule has 2 unspecified atom stereocenters. The molecule has 1 saturated heterocycles. The van der Waals surface area contributed by atoms with Gasteiger partial charge in [0.1, 0.15) is 0 Å². The third-order valence-corrected chi connectivity index (χ3v) is 4.03. The molecule has 96 valence electrons. The molecule has 0 aromatic heterocycles. The summed E-state index contributed by atoms with van der Waals surface area (Å²) >= 11 is 0. The molecule has 0 amide bonds. The van der Waals surface area contributed by atoms with Crippen LogP contribution in [0.25, 0.3) is 0 Å². The maximum atomic E-state index is 5.97. The van der Waals surface area contributed by atoms with E-state index in [1.165, 1.54) is 57.9 Å².